The van der Waals surface area contributed by atoms with Crippen molar-refractivity contribution >= 4 is 16.8 Å². The van der Waals surface area contributed by atoms with Gasteiger partial charge in [-0.05, 0) is 76.6 Å². The molecule has 1 aromatic carbocycles. The van der Waals surface area contributed by atoms with Crippen LogP contribution in [0.25, 0.3) is 10.9 Å². The van der Waals surface area contributed by atoms with Crippen LogP contribution in [0.2, 0.25) is 0 Å². The maximum absolute atomic E-state index is 13.5. The molecule has 0 radical (unpaired) electrons. The molecule has 4 nitrogen and oxygen atoms in total. The van der Waals surface area contributed by atoms with Gasteiger partial charge >= 0.3 is 0 Å². The second-order valence-electron chi connectivity index (χ2n) is 10.3. The Balaban J connectivity index is 1.99. The fourth-order valence-electron chi connectivity index (χ4n) is 5.19. The molecule has 0 unspecified atom stereocenters. The lowest BCUT2D eigenvalue weighted by Crippen LogP contribution is -2.62. The van der Waals surface area contributed by atoms with Gasteiger partial charge < -0.3 is 15.2 Å². The number of amides is 1. The lowest BCUT2D eigenvalue weighted by atomic mass is 9.79. The number of piperidine rings is 1. The van der Waals surface area contributed by atoms with E-state index in [0.717, 1.165) is 35.0 Å². The lowest BCUT2D eigenvalue weighted by molar-refractivity contribution is 0.0864. The van der Waals surface area contributed by atoms with Crippen LogP contribution in [0.4, 0.5) is 0 Å². The largest absolute Gasteiger partial charge is 0.348 e. The maximum Gasteiger partial charge on any atom is 0.268 e. The molecule has 1 saturated heterocycles. The fraction of sp³-hybridized carbons (Fsp3) is 0.560. The van der Waals surface area contributed by atoms with Gasteiger partial charge in [-0.2, -0.15) is 0 Å². The number of nitrogens with zero attached hydrogens (tertiary/aromatic N) is 1. The normalized spacial score (nSPS) is 18.9. The Bertz CT molecular complexity index is 917. The zero-order chi connectivity index (χ0) is 21.6. The summed E-state index contributed by atoms with van der Waals surface area (Å²) < 4.78 is 2.11. The summed E-state index contributed by atoms with van der Waals surface area (Å²) in [5.74, 6) is 0.475. The highest BCUT2D eigenvalue weighted by Crippen LogP contribution is 2.31. The van der Waals surface area contributed by atoms with Gasteiger partial charge in [-0.1, -0.05) is 26.0 Å². The van der Waals surface area contributed by atoms with Crippen molar-refractivity contribution in [1.29, 1.82) is 0 Å². The molecule has 1 aliphatic rings. The van der Waals surface area contributed by atoms with E-state index in [2.05, 4.69) is 88.4 Å². The van der Waals surface area contributed by atoms with Gasteiger partial charge in [0.2, 0.25) is 0 Å². The highest BCUT2D eigenvalue weighted by atomic mass is 16.2. The molecule has 0 atom stereocenters. The molecule has 1 aliphatic heterocycles. The number of carbonyl (C=O) groups excluding carboxylic acids is 1. The van der Waals surface area contributed by atoms with Crippen molar-refractivity contribution in [2.45, 2.75) is 90.9 Å². The molecule has 158 valence electrons. The molecule has 2 aromatic rings. The van der Waals surface area contributed by atoms with E-state index in [1.165, 1.54) is 5.56 Å². The molecule has 1 fully saturated rings. The van der Waals surface area contributed by atoms with Crippen molar-refractivity contribution in [3.63, 3.8) is 0 Å². The van der Waals surface area contributed by atoms with Crippen molar-refractivity contribution in [2.75, 3.05) is 0 Å². The minimum atomic E-state index is -0.00523. The van der Waals surface area contributed by atoms with Crippen LogP contribution in [0.15, 0.2) is 30.9 Å². The SMILES string of the molecule is C=CCn1c(C(=O)NC2CC(C)(C)NC(C)(C)C2)c(C)c2cc(C(C)C)ccc21. The Hall–Kier alpha value is -2.07. The minimum absolute atomic E-state index is 0.00523. The van der Waals surface area contributed by atoms with Crippen LogP contribution in [0.5, 0.6) is 0 Å². The first-order valence-electron chi connectivity index (χ1n) is 10.8. The molecule has 0 bridgehead atoms. The quantitative estimate of drug-likeness (QED) is 0.675. The number of benzene rings is 1. The Morgan fingerprint density at radius 1 is 1.28 bits per heavy atom. The first-order valence-corrected chi connectivity index (χ1v) is 10.8. The van der Waals surface area contributed by atoms with E-state index in [9.17, 15) is 4.79 Å². The van der Waals surface area contributed by atoms with Crippen LogP contribution in [0.3, 0.4) is 0 Å². The van der Waals surface area contributed by atoms with E-state index < -0.39 is 0 Å². The highest BCUT2D eigenvalue weighted by molar-refractivity contribution is 6.02. The van der Waals surface area contributed by atoms with E-state index >= 15 is 0 Å². The van der Waals surface area contributed by atoms with Gasteiger partial charge in [0, 0.05) is 34.6 Å². The maximum atomic E-state index is 13.5. The number of rotatable bonds is 5. The zero-order valence-electron chi connectivity index (χ0n) is 19.1. The third-order valence-corrected chi connectivity index (χ3v) is 6.06. The van der Waals surface area contributed by atoms with Gasteiger partial charge in [-0.15, -0.1) is 6.58 Å². The van der Waals surface area contributed by atoms with Crippen molar-refractivity contribution in [1.82, 2.24) is 15.2 Å². The average Bonchev–Trinajstić information content (AvgIpc) is 2.84. The Morgan fingerprint density at radius 2 is 1.90 bits per heavy atom. The fourth-order valence-corrected chi connectivity index (χ4v) is 5.19. The molecule has 2 heterocycles. The number of hydrogen-bond acceptors (Lipinski definition) is 2. The molecule has 3 rings (SSSR count). The minimum Gasteiger partial charge on any atom is -0.348 e. The van der Waals surface area contributed by atoms with E-state index in [4.69, 9.17) is 0 Å². The third-order valence-electron chi connectivity index (χ3n) is 6.06. The van der Waals surface area contributed by atoms with Gasteiger partial charge in [0.05, 0.1) is 0 Å². The van der Waals surface area contributed by atoms with Crippen molar-refractivity contribution in [3.05, 3.63) is 47.7 Å². The average molecular weight is 396 g/mol. The van der Waals surface area contributed by atoms with E-state index in [0.29, 0.717) is 12.5 Å². The third kappa shape index (κ3) is 4.42. The van der Waals surface area contributed by atoms with Crippen LogP contribution >= 0.6 is 0 Å². The lowest BCUT2D eigenvalue weighted by Gasteiger charge is -2.46. The molecule has 0 aliphatic carbocycles. The number of hydrogen-bond donors (Lipinski definition) is 2. The summed E-state index contributed by atoms with van der Waals surface area (Å²) in [7, 11) is 0. The number of aromatic nitrogens is 1. The van der Waals surface area contributed by atoms with Gasteiger partial charge in [0.1, 0.15) is 5.69 Å². The number of carbonyl (C=O) groups is 1. The summed E-state index contributed by atoms with van der Waals surface area (Å²) in [5, 5.41) is 8.20. The molecule has 1 aromatic heterocycles. The van der Waals surface area contributed by atoms with Crippen LogP contribution in [0.1, 0.15) is 81.9 Å². The highest BCUT2D eigenvalue weighted by Gasteiger charge is 2.38. The predicted octanol–water partition coefficient (Wildman–Crippen LogP) is 5.30. The first-order chi connectivity index (χ1) is 13.4. The second kappa shape index (κ2) is 7.64. The standard InChI is InChI=1S/C25H37N3O/c1-9-12-28-21-11-10-18(16(2)3)13-20(21)17(4)22(28)23(29)26-19-14-24(5,6)27-25(7,8)15-19/h9-11,13,16,19,27H,1,12,14-15H2,2-8H3,(H,26,29). The van der Waals surface area contributed by atoms with Crippen molar-refractivity contribution < 1.29 is 4.79 Å². The number of fused-ring (bicyclic) bond motifs is 1. The summed E-state index contributed by atoms with van der Waals surface area (Å²) in [5.41, 5.74) is 4.20. The number of nitrogens with one attached hydrogen (secondary N) is 2. The van der Waals surface area contributed by atoms with Crippen LogP contribution < -0.4 is 10.6 Å². The molecular weight excluding hydrogens is 358 g/mol. The van der Waals surface area contributed by atoms with Crippen LogP contribution in [0, 0.1) is 6.92 Å². The van der Waals surface area contributed by atoms with E-state index in [-0.39, 0.29) is 23.0 Å². The summed E-state index contributed by atoms with van der Waals surface area (Å²) >= 11 is 0. The summed E-state index contributed by atoms with van der Waals surface area (Å²) in [6, 6.07) is 6.71. The van der Waals surface area contributed by atoms with E-state index in [1.807, 2.05) is 6.08 Å². The molecular formula is C25H37N3O. The van der Waals surface area contributed by atoms with Crippen molar-refractivity contribution in [2.24, 2.45) is 0 Å². The molecule has 1 amide bonds. The number of aryl methyl sites for hydroxylation is 1. The molecule has 0 saturated carbocycles. The van der Waals surface area contributed by atoms with E-state index in [1.54, 1.807) is 0 Å². The number of allylic oxidation sites excluding steroid dienone is 1. The van der Waals surface area contributed by atoms with Gasteiger partial charge in [0.15, 0.2) is 0 Å². The summed E-state index contributed by atoms with van der Waals surface area (Å²) in [6.45, 7) is 19.8. The second-order valence-corrected chi connectivity index (χ2v) is 10.3. The molecule has 4 heteroatoms. The smallest absolute Gasteiger partial charge is 0.268 e. The van der Waals surface area contributed by atoms with Gasteiger partial charge in [0.25, 0.3) is 5.91 Å². The topological polar surface area (TPSA) is 46.1 Å². The Morgan fingerprint density at radius 3 is 2.45 bits per heavy atom. The Kier molecular flexibility index (Phi) is 5.70. The molecule has 29 heavy (non-hydrogen) atoms. The molecule has 0 spiro atoms. The zero-order valence-corrected chi connectivity index (χ0v) is 19.1. The van der Waals surface area contributed by atoms with Gasteiger partial charge in [-0.25, -0.2) is 0 Å². The first kappa shape index (κ1) is 21.6. The predicted molar refractivity (Wildman–Crippen MR) is 123 cm³/mol. The van der Waals surface area contributed by atoms with Gasteiger partial charge in [-0.3, -0.25) is 4.79 Å². The summed E-state index contributed by atoms with van der Waals surface area (Å²) in [6.07, 6.45) is 3.70. The van der Waals surface area contributed by atoms with Crippen LogP contribution in [-0.4, -0.2) is 27.6 Å². The van der Waals surface area contributed by atoms with Crippen LogP contribution in [-0.2, 0) is 6.54 Å². The van der Waals surface area contributed by atoms with Crippen molar-refractivity contribution in [3.8, 4) is 0 Å². The Labute approximate surface area is 175 Å². The monoisotopic (exact) mass is 395 g/mol. The molecule has 2 N–H and O–H groups in total. The summed E-state index contributed by atoms with van der Waals surface area (Å²) in [4.78, 5) is 13.5.